The summed E-state index contributed by atoms with van der Waals surface area (Å²) in [6.45, 7) is 4.21. The van der Waals surface area contributed by atoms with E-state index in [-0.39, 0.29) is 4.93 Å². The molecule has 0 bridgehead atoms. The molecule has 0 saturated heterocycles. The van der Waals surface area contributed by atoms with Crippen molar-refractivity contribution in [2.75, 3.05) is 18.8 Å². The molecule has 0 heterocycles. The standard InChI is InChI=1S/C6H16OS3/c1-6(2,7-9-8)10(3,4)5/h8H,1-5H3. The van der Waals surface area contributed by atoms with Crippen molar-refractivity contribution < 1.29 is 4.18 Å². The molecule has 0 spiro atoms. The zero-order chi connectivity index (χ0) is 8.41. The first kappa shape index (κ1) is 11.0. The van der Waals surface area contributed by atoms with Crippen LogP contribution in [0.5, 0.6) is 0 Å². The minimum Gasteiger partial charge on any atom is -0.290 e. The second kappa shape index (κ2) is 3.61. The van der Waals surface area contributed by atoms with E-state index >= 15 is 0 Å². The Kier molecular flexibility index (Phi) is 3.97. The van der Waals surface area contributed by atoms with Crippen LogP contribution in [-0.4, -0.2) is 23.7 Å². The Bertz CT molecular complexity index is 106. The summed E-state index contributed by atoms with van der Waals surface area (Å²) in [7, 11) is -0.656. The Labute approximate surface area is 74.6 Å². The predicted octanol–water partition coefficient (Wildman–Crippen LogP) is 2.93. The van der Waals surface area contributed by atoms with E-state index in [1.807, 2.05) is 0 Å². The molecule has 0 saturated carbocycles. The summed E-state index contributed by atoms with van der Waals surface area (Å²) in [4.78, 5) is -0.0422. The fraction of sp³-hybridized carbons (Fsp3) is 1.00. The summed E-state index contributed by atoms with van der Waals surface area (Å²) in [5, 5.41) is 0. The summed E-state index contributed by atoms with van der Waals surface area (Å²) in [6.07, 6.45) is 6.70. The average molecular weight is 200 g/mol. The van der Waals surface area contributed by atoms with E-state index in [0.717, 1.165) is 11.1 Å². The Balaban J connectivity index is 4.10. The number of hydrogen-bond donors (Lipinski definition) is 1. The fourth-order valence-corrected chi connectivity index (χ4v) is 2.00. The molecule has 0 aromatic carbocycles. The first-order chi connectivity index (χ1) is 4.31. The van der Waals surface area contributed by atoms with Crippen LogP contribution in [0, 0.1) is 0 Å². The van der Waals surface area contributed by atoms with Gasteiger partial charge in [-0.2, -0.15) is 0 Å². The van der Waals surface area contributed by atoms with E-state index in [4.69, 9.17) is 4.18 Å². The largest absolute Gasteiger partial charge is 0.290 e. The Hall–Kier alpha value is 1.01. The maximum absolute atomic E-state index is 5.41. The van der Waals surface area contributed by atoms with Crippen molar-refractivity contribution in [3.8, 4) is 0 Å². The molecule has 0 aliphatic heterocycles. The highest BCUT2D eigenvalue weighted by atomic mass is 33.1. The summed E-state index contributed by atoms with van der Waals surface area (Å²) in [6, 6.07) is 0. The maximum Gasteiger partial charge on any atom is 0.108 e. The third kappa shape index (κ3) is 2.95. The van der Waals surface area contributed by atoms with Gasteiger partial charge in [0, 0.05) is 0 Å². The van der Waals surface area contributed by atoms with Gasteiger partial charge in [-0.25, -0.2) is 10.0 Å². The predicted molar refractivity (Wildman–Crippen MR) is 57.1 cm³/mol. The van der Waals surface area contributed by atoms with Crippen molar-refractivity contribution >= 4 is 32.8 Å². The van der Waals surface area contributed by atoms with Crippen LogP contribution in [0.3, 0.4) is 0 Å². The van der Waals surface area contributed by atoms with Gasteiger partial charge in [0.2, 0.25) is 0 Å². The highest BCUT2D eigenvalue weighted by Crippen LogP contribution is 2.51. The molecule has 0 aliphatic rings. The fourth-order valence-electron chi connectivity index (χ4n) is 0.192. The van der Waals surface area contributed by atoms with E-state index in [1.54, 1.807) is 0 Å². The van der Waals surface area contributed by atoms with Crippen molar-refractivity contribution in [2.24, 2.45) is 0 Å². The smallest absolute Gasteiger partial charge is 0.108 e. The van der Waals surface area contributed by atoms with Gasteiger partial charge in [0.1, 0.15) is 4.93 Å². The normalized spacial score (nSPS) is 15.4. The first-order valence-corrected chi connectivity index (χ1v) is 7.63. The monoisotopic (exact) mass is 200 g/mol. The molecule has 0 atom stereocenters. The van der Waals surface area contributed by atoms with Gasteiger partial charge in [-0.05, 0) is 32.6 Å². The van der Waals surface area contributed by atoms with Gasteiger partial charge in [-0.3, -0.25) is 4.18 Å². The minimum atomic E-state index is -0.656. The van der Waals surface area contributed by atoms with Crippen molar-refractivity contribution in [1.29, 1.82) is 0 Å². The van der Waals surface area contributed by atoms with Gasteiger partial charge in [0.25, 0.3) is 0 Å². The maximum atomic E-state index is 5.41. The van der Waals surface area contributed by atoms with Gasteiger partial charge in [0.05, 0.1) is 11.1 Å². The molecular weight excluding hydrogens is 184 g/mol. The zero-order valence-electron chi connectivity index (χ0n) is 7.17. The second-order valence-electron chi connectivity index (χ2n) is 3.39. The lowest BCUT2D eigenvalue weighted by atomic mass is 10.5. The van der Waals surface area contributed by atoms with Crippen LogP contribution in [0.25, 0.3) is 0 Å². The molecule has 0 amide bonds. The third-order valence-corrected chi connectivity index (χ3v) is 5.57. The van der Waals surface area contributed by atoms with Gasteiger partial charge in [-0.15, -0.1) is 0 Å². The number of thiol groups is 1. The van der Waals surface area contributed by atoms with Gasteiger partial charge < -0.3 is 0 Å². The highest BCUT2D eigenvalue weighted by Gasteiger charge is 2.29. The molecule has 10 heavy (non-hydrogen) atoms. The molecular formula is C6H16OS3. The molecule has 0 fully saturated rings. The van der Waals surface area contributed by atoms with E-state index in [0.29, 0.717) is 0 Å². The molecule has 0 aliphatic carbocycles. The van der Waals surface area contributed by atoms with Crippen LogP contribution in [0.2, 0.25) is 0 Å². The summed E-state index contributed by atoms with van der Waals surface area (Å²) in [5.41, 5.74) is 0. The summed E-state index contributed by atoms with van der Waals surface area (Å²) < 4.78 is 5.41. The molecule has 0 aromatic heterocycles. The van der Waals surface area contributed by atoms with Crippen LogP contribution in [0.15, 0.2) is 0 Å². The van der Waals surface area contributed by atoms with E-state index in [2.05, 4.69) is 44.3 Å². The Morgan fingerprint density at radius 3 is 1.80 bits per heavy atom. The molecule has 4 heteroatoms. The molecule has 1 nitrogen and oxygen atoms in total. The van der Waals surface area contributed by atoms with E-state index in [9.17, 15) is 0 Å². The van der Waals surface area contributed by atoms with Crippen molar-refractivity contribution in [3.63, 3.8) is 0 Å². The quantitative estimate of drug-likeness (QED) is 0.426. The first-order valence-electron chi connectivity index (χ1n) is 2.98. The number of hydrogen-bond acceptors (Lipinski definition) is 3. The van der Waals surface area contributed by atoms with Gasteiger partial charge >= 0.3 is 0 Å². The second-order valence-corrected chi connectivity index (χ2v) is 8.82. The molecule has 64 valence electrons. The topological polar surface area (TPSA) is 9.23 Å². The van der Waals surface area contributed by atoms with Crippen LogP contribution < -0.4 is 0 Å². The molecule has 0 aromatic rings. The lowest BCUT2D eigenvalue weighted by Gasteiger charge is -2.41. The third-order valence-electron chi connectivity index (χ3n) is 1.71. The van der Waals surface area contributed by atoms with Crippen molar-refractivity contribution in [3.05, 3.63) is 0 Å². The molecule has 0 rings (SSSR count). The number of rotatable bonds is 3. The lowest BCUT2D eigenvalue weighted by molar-refractivity contribution is 0.249. The molecule has 0 radical (unpaired) electrons. The van der Waals surface area contributed by atoms with E-state index in [1.165, 1.54) is 0 Å². The molecule has 0 N–H and O–H groups in total. The highest BCUT2D eigenvalue weighted by molar-refractivity contribution is 8.66. The van der Waals surface area contributed by atoms with Crippen LogP contribution >= 0.6 is 32.8 Å². The Morgan fingerprint density at radius 1 is 1.30 bits per heavy atom. The van der Waals surface area contributed by atoms with Crippen LogP contribution in [-0.2, 0) is 4.18 Å². The lowest BCUT2D eigenvalue weighted by Crippen LogP contribution is -2.27. The van der Waals surface area contributed by atoms with Crippen LogP contribution in [0.1, 0.15) is 13.8 Å². The average Bonchev–Trinajstić information content (AvgIpc) is 1.61. The van der Waals surface area contributed by atoms with Crippen molar-refractivity contribution in [1.82, 2.24) is 0 Å². The van der Waals surface area contributed by atoms with Crippen LogP contribution in [0.4, 0.5) is 0 Å². The summed E-state index contributed by atoms with van der Waals surface area (Å²) in [5.74, 6) is 0. The minimum absolute atomic E-state index is 0.0422. The van der Waals surface area contributed by atoms with Gasteiger partial charge in [-0.1, -0.05) is 11.7 Å². The Morgan fingerprint density at radius 2 is 1.70 bits per heavy atom. The van der Waals surface area contributed by atoms with Crippen molar-refractivity contribution in [2.45, 2.75) is 18.8 Å². The SMILES string of the molecule is CC(C)(OSS)S(C)(C)C. The van der Waals surface area contributed by atoms with Gasteiger partial charge in [0.15, 0.2) is 0 Å². The summed E-state index contributed by atoms with van der Waals surface area (Å²) >= 11 is 5.10. The van der Waals surface area contributed by atoms with E-state index < -0.39 is 10.0 Å². The zero-order valence-corrected chi connectivity index (χ0v) is 9.70. The molecule has 0 unspecified atom stereocenters.